The van der Waals surface area contributed by atoms with Crippen LogP contribution in [0.25, 0.3) is 11.1 Å². The Morgan fingerprint density at radius 2 is 1.68 bits per heavy atom. The maximum absolute atomic E-state index is 13.7. The highest BCUT2D eigenvalue weighted by Crippen LogP contribution is 2.25. The monoisotopic (exact) mass is 421 g/mol. The Hall–Kier alpha value is -3.61. The van der Waals surface area contributed by atoms with Crippen LogP contribution in [-0.4, -0.2) is 41.6 Å². The summed E-state index contributed by atoms with van der Waals surface area (Å²) >= 11 is 0. The van der Waals surface area contributed by atoms with Gasteiger partial charge in [-0.1, -0.05) is 12.1 Å². The number of piperazine rings is 1. The second kappa shape index (κ2) is 7.91. The molecule has 5 nitrogen and oxygen atoms in total. The molecule has 0 aliphatic carbocycles. The van der Waals surface area contributed by atoms with Crippen molar-refractivity contribution in [1.29, 1.82) is 0 Å². The Morgan fingerprint density at radius 3 is 2.42 bits per heavy atom. The molecule has 4 aromatic rings. The predicted octanol–water partition coefficient (Wildman–Crippen LogP) is 4.52. The van der Waals surface area contributed by atoms with Gasteiger partial charge in [-0.15, -0.1) is 0 Å². The lowest BCUT2D eigenvalue weighted by molar-refractivity contribution is 0.0737. The van der Waals surface area contributed by atoms with Gasteiger partial charge in [-0.2, -0.15) is 0 Å². The number of hydrogen-bond donors (Lipinski definition) is 0. The van der Waals surface area contributed by atoms with Crippen molar-refractivity contribution in [2.45, 2.75) is 6.54 Å². The Morgan fingerprint density at radius 1 is 0.903 bits per heavy atom. The molecule has 5 rings (SSSR count). The summed E-state index contributed by atoms with van der Waals surface area (Å²) in [5, 5.41) is 0. The van der Waals surface area contributed by atoms with E-state index in [1.54, 1.807) is 30.5 Å². The predicted molar refractivity (Wildman–Crippen MR) is 114 cm³/mol. The van der Waals surface area contributed by atoms with E-state index in [9.17, 15) is 13.6 Å². The molecule has 1 saturated heterocycles. The molecule has 1 aliphatic heterocycles. The third-order valence-corrected chi connectivity index (χ3v) is 5.73. The molecule has 1 aliphatic rings. The van der Waals surface area contributed by atoms with Crippen LogP contribution in [0.15, 0.2) is 71.3 Å². The highest BCUT2D eigenvalue weighted by atomic mass is 19.1. The van der Waals surface area contributed by atoms with Crippen LogP contribution >= 0.6 is 0 Å². The quantitative estimate of drug-likeness (QED) is 0.487. The molecular weight excluding hydrogens is 400 g/mol. The molecule has 2 aromatic carbocycles. The second-order valence-electron chi connectivity index (χ2n) is 7.67. The number of furan rings is 1. The molecule has 0 bridgehead atoms. The first-order valence-corrected chi connectivity index (χ1v) is 10.2. The number of hydrogen-bond acceptors (Lipinski definition) is 3. The molecule has 0 radical (unpaired) electrons. The van der Waals surface area contributed by atoms with Gasteiger partial charge in [0.2, 0.25) is 0 Å². The van der Waals surface area contributed by atoms with Gasteiger partial charge in [0.05, 0.1) is 11.8 Å². The second-order valence-corrected chi connectivity index (χ2v) is 7.67. The number of benzene rings is 2. The minimum Gasteiger partial charge on any atom is -0.463 e. The average molecular weight is 421 g/mol. The van der Waals surface area contributed by atoms with Crippen molar-refractivity contribution < 1.29 is 18.0 Å². The molecular formula is C24H21F2N3O2. The van der Waals surface area contributed by atoms with E-state index in [1.165, 1.54) is 24.3 Å². The molecule has 0 saturated carbocycles. The van der Waals surface area contributed by atoms with E-state index in [0.29, 0.717) is 44.0 Å². The molecule has 0 N–H and O–H groups in total. The smallest absolute Gasteiger partial charge is 0.270 e. The summed E-state index contributed by atoms with van der Waals surface area (Å²) in [6.07, 6.45) is 1.59. The fourth-order valence-electron chi connectivity index (χ4n) is 4.12. The molecule has 2 aromatic heterocycles. The molecule has 158 valence electrons. The standard InChI is InChI=1S/C24H21F2N3O2/c25-18-4-6-20(7-5-18)27-9-11-28(12-10-27)24(30)22-15-23-21(8-13-31-23)29(22)16-17-2-1-3-19(26)14-17/h1-8,13-15H,9-12,16H2. The molecule has 0 spiro atoms. The number of carbonyl (C=O) groups is 1. The largest absolute Gasteiger partial charge is 0.463 e. The number of halogens is 2. The van der Waals surface area contributed by atoms with Gasteiger partial charge in [0.25, 0.3) is 5.91 Å². The third-order valence-electron chi connectivity index (χ3n) is 5.73. The normalized spacial score (nSPS) is 14.4. The van der Waals surface area contributed by atoms with Crippen molar-refractivity contribution in [3.63, 3.8) is 0 Å². The first kappa shape index (κ1) is 19.4. The van der Waals surface area contributed by atoms with Crippen molar-refractivity contribution in [1.82, 2.24) is 9.47 Å². The molecule has 31 heavy (non-hydrogen) atoms. The summed E-state index contributed by atoms with van der Waals surface area (Å²) in [4.78, 5) is 17.3. The average Bonchev–Trinajstić information content (AvgIpc) is 3.37. The van der Waals surface area contributed by atoms with Gasteiger partial charge in [0, 0.05) is 50.5 Å². The van der Waals surface area contributed by atoms with Crippen LogP contribution in [0, 0.1) is 11.6 Å². The molecule has 7 heteroatoms. The number of carbonyl (C=O) groups excluding carboxylic acids is 1. The summed E-state index contributed by atoms with van der Waals surface area (Å²) in [6.45, 7) is 2.82. The Balaban J connectivity index is 1.36. The van der Waals surface area contributed by atoms with Gasteiger partial charge in [-0.05, 0) is 42.0 Å². The highest BCUT2D eigenvalue weighted by molar-refractivity contribution is 5.97. The number of nitrogens with zero attached hydrogens (tertiary/aromatic N) is 3. The zero-order chi connectivity index (χ0) is 21.4. The maximum atomic E-state index is 13.7. The van der Waals surface area contributed by atoms with Crippen molar-refractivity contribution in [2.24, 2.45) is 0 Å². The van der Waals surface area contributed by atoms with E-state index < -0.39 is 0 Å². The number of rotatable bonds is 4. The molecule has 1 amide bonds. The van der Waals surface area contributed by atoms with E-state index in [2.05, 4.69) is 4.90 Å². The van der Waals surface area contributed by atoms with E-state index in [0.717, 1.165) is 16.8 Å². The van der Waals surface area contributed by atoms with E-state index >= 15 is 0 Å². The van der Waals surface area contributed by atoms with E-state index in [4.69, 9.17) is 4.42 Å². The van der Waals surface area contributed by atoms with Gasteiger partial charge >= 0.3 is 0 Å². The van der Waals surface area contributed by atoms with Crippen LogP contribution in [0.2, 0.25) is 0 Å². The van der Waals surface area contributed by atoms with E-state index in [1.807, 2.05) is 21.6 Å². The topological polar surface area (TPSA) is 41.6 Å². The minimum absolute atomic E-state index is 0.0819. The third kappa shape index (κ3) is 3.79. The Labute approximate surface area is 178 Å². The lowest BCUT2D eigenvalue weighted by Gasteiger charge is -2.36. The highest BCUT2D eigenvalue weighted by Gasteiger charge is 2.26. The first-order chi connectivity index (χ1) is 15.1. The summed E-state index contributed by atoms with van der Waals surface area (Å²) in [5.74, 6) is -0.652. The van der Waals surface area contributed by atoms with Crippen LogP contribution < -0.4 is 4.90 Å². The lowest BCUT2D eigenvalue weighted by Crippen LogP contribution is -2.49. The van der Waals surface area contributed by atoms with Crippen LogP contribution in [0.4, 0.5) is 14.5 Å². The van der Waals surface area contributed by atoms with Crippen LogP contribution in [0.5, 0.6) is 0 Å². The van der Waals surface area contributed by atoms with Crippen molar-refractivity contribution >= 4 is 22.7 Å². The van der Waals surface area contributed by atoms with E-state index in [-0.39, 0.29) is 17.5 Å². The molecule has 1 fully saturated rings. The minimum atomic E-state index is -0.308. The van der Waals surface area contributed by atoms with Gasteiger partial charge in [0.15, 0.2) is 5.58 Å². The van der Waals surface area contributed by atoms with Gasteiger partial charge in [-0.25, -0.2) is 8.78 Å². The van der Waals surface area contributed by atoms with Crippen molar-refractivity contribution in [3.05, 3.63) is 89.8 Å². The van der Waals surface area contributed by atoms with Gasteiger partial charge in [-0.3, -0.25) is 4.79 Å². The Kier molecular flexibility index (Phi) is 4.94. The molecule has 0 atom stereocenters. The number of aromatic nitrogens is 1. The maximum Gasteiger partial charge on any atom is 0.270 e. The van der Waals surface area contributed by atoms with Crippen LogP contribution in [-0.2, 0) is 6.54 Å². The number of fused-ring (bicyclic) bond motifs is 1. The summed E-state index contributed by atoms with van der Waals surface area (Å²) in [5.41, 5.74) is 3.67. The van der Waals surface area contributed by atoms with Crippen LogP contribution in [0.3, 0.4) is 0 Å². The Bertz CT molecular complexity index is 1220. The first-order valence-electron chi connectivity index (χ1n) is 10.2. The van der Waals surface area contributed by atoms with Gasteiger partial charge in [0.1, 0.15) is 17.3 Å². The number of amides is 1. The fraction of sp³-hybridized carbons (Fsp3) is 0.208. The zero-order valence-corrected chi connectivity index (χ0v) is 16.8. The van der Waals surface area contributed by atoms with Crippen molar-refractivity contribution in [3.8, 4) is 0 Å². The zero-order valence-electron chi connectivity index (χ0n) is 16.8. The SMILES string of the molecule is O=C(c1cc2occc2n1Cc1cccc(F)c1)N1CCN(c2ccc(F)cc2)CC1. The van der Waals surface area contributed by atoms with Crippen molar-refractivity contribution in [2.75, 3.05) is 31.1 Å². The number of anilines is 1. The summed E-state index contributed by atoms with van der Waals surface area (Å²) < 4.78 is 34.3. The molecule has 0 unspecified atom stereocenters. The lowest BCUT2D eigenvalue weighted by atomic mass is 10.2. The van der Waals surface area contributed by atoms with Crippen LogP contribution in [0.1, 0.15) is 16.1 Å². The summed E-state index contributed by atoms with van der Waals surface area (Å²) in [6, 6.07) is 16.3. The fourth-order valence-corrected chi connectivity index (χ4v) is 4.12. The molecule has 3 heterocycles. The summed E-state index contributed by atoms with van der Waals surface area (Å²) in [7, 11) is 0. The van der Waals surface area contributed by atoms with Gasteiger partial charge < -0.3 is 18.8 Å².